The molecule has 0 amide bonds. The van der Waals surface area contributed by atoms with E-state index in [1.807, 2.05) is 43.3 Å². The van der Waals surface area contributed by atoms with Gasteiger partial charge in [-0.3, -0.25) is 10.1 Å². The number of nitriles is 2. The molecule has 0 aliphatic heterocycles. The maximum atomic E-state index is 11.7. The number of nitrogens with one attached hydrogen (secondary N) is 1. The zero-order valence-corrected chi connectivity index (χ0v) is 14.9. The van der Waals surface area contributed by atoms with Gasteiger partial charge in [0, 0.05) is 18.8 Å². The van der Waals surface area contributed by atoms with E-state index in [0.717, 1.165) is 12.0 Å². The lowest BCUT2D eigenvalue weighted by Gasteiger charge is -2.21. The number of rotatable bonds is 9. The van der Waals surface area contributed by atoms with Crippen molar-refractivity contribution in [2.75, 3.05) is 23.3 Å². The minimum atomic E-state index is -0.552. The summed E-state index contributed by atoms with van der Waals surface area (Å²) in [6.07, 6.45) is 2.45. The monoisotopic (exact) mass is 365 g/mol. The Kier molecular flexibility index (Phi) is 7.03. The number of benzene rings is 1. The fourth-order valence-corrected chi connectivity index (χ4v) is 2.51. The first-order chi connectivity index (χ1) is 13.1. The average molecular weight is 365 g/mol. The van der Waals surface area contributed by atoms with Crippen LogP contribution in [0, 0.1) is 32.8 Å². The summed E-state index contributed by atoms with van der Waals surface area (Å²) >= 11 is 0. The average Bonchev–Trinajstić information content (AvgIpc) is 2.68. The summed E-state index contributed by atoms with van der Waals surface area (Å²) in [7, 11) is 0. The second-order valence-corrected chi connectivity index (χ2v) is 5.63. The molecule has 0 saturated heterocycles. The van der Waals surface area contributed by atoms with Crippen LogP contribution in [0.2, 0.25) is 0 Å². The standard InChI is InChI=1S/C18H19N7O2/c1-2-14-5-7-15(8-6-14)23-17-16(25(26)27)18(22-13-21-17)24(11-3-9-19)12-4-10-20/h5-8,13H,2-4,11-12H2,1H3,(H,21,22,23). The van der Waals surface area contributed by atoms with E-state index in [9.17, 15) is 10.1 Å². The predicted molar refractivity (Wildman–Crippen MR) is 100 cm³/mol. The number of aromatic nitrogens is 2. The van der Waals surface area contributed by atoms with Crippen LogP contribution in [0.1, 0.15) is 25.3 Å². The normalized spacial score (nSPS) is 9.89. The van der Waals surface area contributed by atoms with E-state index in [1.54, 1.807) is 4.90 Å². The van der Waals surface area contributed by atoms with Gasteiger partial charge in [-0.2, -0.15) is 10.5 Å². The molecule has 0 aliphatic carbocycles. The van der Waals surface area contributed by atoms with Crippen molar-refractivity contribution in [1.29, 1.82) is 10.5 Å². The van der Waals surface area contributed by atoms with Crippen molar-refractivity contribution in [3.63, 3.8) is 0 Å². The quantitative estimate of drug-likeness (QED) is 0.528. The van der Waals surface area contributed by atoms with E-state index < -0.39 is 4.92 Å². The fraction of sp³-hybridized carbons (Fsp3) is 0.333. The van der Waals surface area contributed by atoms with Crippen LogP contribution in [0.15, 0.2) is 30.6 Å². The molecule has 0 unspecified atom stereocenters. The van der Waals surface area contributed by atoms with Gasteiger partial charge >= 0.3 is 5.69 Å². The summed E-state index contributed by atoms with van der Waals surface area (Å²) in [5.41, 5.74) is 1.53. The fourth-order valence-electron chi connectivity index (χ4n) is 2.51. The Morgan fingerprint density at radius 3 is 2.30 bits per heavy atom. The topological polar surface area (TPSA) is 132 Å². The maximum Gasteiger partial charge on any atom is 0.353 e. The summed E-state index contributed by atoms with van der Waals surface area (Å²) in [6.45, 7) is 2.52. The Labute approximate surface area is 157 Å². The van der Waals surface area contributed by atoms with E-state index in [1.165, 1.54) is 6.33 Å². The number of anilines is 3. The first-order valence-corrected chi connectivity index (χ1v) is 8.44. The largest absolute Gasteiger partial charge is 0.353 e. The van der Waals surface area contributed by atoms with Crippen molar-refractivity contribution in [2.24, 2.45) is 0 Å². The Morgan fingerprint density at radius 2 is 1.78 bits per heavy atom. The minimum absolute atomic E-state index is 0.0631. The van der Waals surface area contributed by atoms with E-state index in [0.29, 0.717) is 5.69 Å². The van der Waals surface area contributed by atoms with Crippen molar-refractivity contribution < 1.29 is 4.92 Å². The lowest BCUT2D eigenvalue weighted by molar-refractivity contribution is -0.383. The van der Waals surface area contributed by atoms with E-state index in [4.69, 9.17) is 10.5 Å². The third-order valence-corrected chi connectivity index (χ3v) is 3.90. The summed E-state index contributed by atoms with van der Waals surface area (Å²) in [5, 5.41) is 32.4. The highest BCUT2D eigenvalue weighted by Crippen LogP contribution is 2.33. The molecule has 0 saturated carbocycles. The van der Waals surface area contributed by atoms with Gasteiger partial charge in [0.1, 0.15) is 6.33 Å². The van der Waals surface area contributed by atoms with Crippen LogP contribution in [-0.4, -0.2) is 28.0 Å². The zero-order chi connectivity index (χ0) is 19.6. The van der Waals surface area contributed by atoms with Gasteiger partial charge in [0.2, 0.25) is 11.6 Å². The van der Waals surface area contributed by atoms with Crippen LogP contribution in [0.4, 0.5) is 23.0 Å². The number of hydrogen-bond donors (Lipinski definition) is 1. The number of hydrogen-bond acceptors (Lipinski definition) is 8. The van der Waals surface area contributed by atoms with Gasteiger partial charge in [-0.15, -0.1) is 0 Å². The first kappa shape index (κ1) is 19.6. The smallest absolute Gasteiger partial charge is 0.349 e. The van der Waals surface area contributed by atoms with Gasteiger partial charge in [-0.25, -0.2) is 9.97 Å². The Morgan fingerprint density at radius 1 is 1.15 bits per heavy atom. The Balaban J connectivity index is 2.40. The number of aryl methyl sites for hydroxylation is 1. The summed E-state index contributed by atoms with van der Waals surface area (Å²) in [4.78, 5) is 20.8. The SMILES string of the molecule is CCc1ccc(Nc2ncnc(N(CCC#N)CCC#N)c2[N+](=O)[O-])cc1. The van der Waals surface area contributed by atoms with Gasteiger partial charge in [0.05, 0.1) is 29.9 Å². The third-order valence-electron chi connectivity index (χ3n) is 3.90. The van der Waals surface area contributed by atoms with Crippen molar-refractivity contribution in [1.82, 2.24) is 9.97 Å². The molecule has 1 N–H and O–H groups in total. The van der Waals surface area contributed by atoms with Gasteiger partial charge in [0.15, 0.2) is 0 Å². The molecule has 0 bridgehead atoms. The van der Waals surface area contributed by atoms with E-state index in [-0.39, 0.29) is 43.3 Å². The van der Waals surface area contributed by atoms with Gasteiger partial charge in [0.25, 0.3) is 0 Å². The molecule has 138 valence electrons. The van der Waals surface area contributed by atoms with Gasteiger partial charge < -0.3 is 10.2 Å². The molecule has 0 atom stereocenters. The predicted octanol–water partition coefficient (Wildman–Crippen LogP) is 3.32. The van der Waals surface area contributed by atoms with Crippen LogP contribution in [0.5, 0.6) is 0 Å². The highest BCUT2D eigenvalue weighted by atomic mass is 16.6. The first-order valence-electron chi connectivity index (χ1n) is 8.44. The lowest BCUT2D eigenvalue weighted by atomic mass is 10.1. The third kappa shape index (κ3) is 5.13. The van der Waals surface area contributed by atoms with E-state index >= 15 is 0 Å². The number of nitro groups is 1. The van der Waals surface area contributed by atoms with Crippen LogP contribution in [0.3, 0.4) is 0 Å². The lowest BCUT2D eigenvalue weighted by Crippen LogP contribution is -2.27. The van der Waals surface area contributed by atoms with Crippen molar-refractivity contribution in [3.8, 4) is 12.1 Å². The van der Waals surface area contributed by atoms with Crippen molar-refractivity contribution in [2.45, 2.75) is 26.2 Å². The van der Waals surface area contributed by atoms with Gasteiger partial charge in [-0.05, 0) is 24.1 Å². The molecular weight excluding hydrogens is 346 g/mol. The molecule has 1 heterocycles. The molecule has 1 aromatic heterocycles. The second-order valence-electron chi connectivity index (χ2n) is 5.63. The molecule has 1 aromatic carbocycles. The summed E-state index contributed by atoms with van der Waals surface area (Å²) < 4.78 is 0. The Bertz CT molecular complexity index is 851. The molecule has 9 heteroatoms. The maximum absolute atomic E-state index is 11.7. The molecule has 0 aliphatic rings. The Hall–Kier alpha value is -3.72. The van der Waals surface area contributed by atoms with Crippen LogP contribution in [-0.2, 0) is 6.42 Å². The van der Waals surface area contributed by atoms with Crippen molar-refractivity contribution in [3.05, 3.63) is 46.3 Å². The molecule has 0 radical (unpaired) electrons. The second kappa shape index (κ2) is 9.68. The minimum Gasteiger partial charge on any atom is -0.349 e. The molecule has 2 aromatic rings. The summed E-state index contributed by atoms with van der Waals surface area (Å²) in [6, 6.07) is 11.5. The molecular formula is C18H19N7O2. The molecule has 27 heavy (non-hydrogen) atoms. The van der Waals surface area contributed by atoms with E-state index in [2.05, 4.69) is 15.3 Å². The van der Waals surface area contributed by atoms with Crippen molar-refractivity contribution >= 4 is 23.0 Å². The molecule has 0 spiro atoms. The molecule has 0 fully saturated rings. The molecule has 2 rings (SSSR count). The number of nitrogens with zero attached hydrogens (tertiary/aromatic N) is 6. The van der Waals surface area contributed by atoms with Crippen LogP contribution >= 0.6 is 0 Å². The van der Waals surface area contributed by atoms with Crippen LogP contribution in [0.25, 0.3) is 0 Å². The zero-order valence-electron chi connectivity index (χ0n) is 14.9. The highest BCUT2D eigenvalue weighted by molar-refractivity contribution is 5.74. The molecule has 9 nitrogen and oxygen atoms in total. The van der Waals surface area contributed by atoms with Gasteiger partial charge in [-0.1, -0.05) is 19.1 Å². The highest BCUT2D eigenvalue weighted by Gasteiger charge is 2.27. The summed E-state index contributed by atoms with van der Waals surface area (Å²) in [5.74, 6) is 0.154. The van der Waals surface area contributed by atoms with Crippen LogP contribution < -0.4 is 10.2 Å².